The first kappa shape index (κ1) is 29.9. The minimum absolute atomic E-state index is 0.00362. The predicted octanol–water partition coefficient (Wildman–Crippen LogP) is 7.51. The number of rotatable bonds is 12. The Balaban J connectivity index is 1.55. The number of piperidine rings is 1. The monoisotopic (exact) mass is 525 g/mol. The molecule has 1 saturated heterocycles. The third kappa shape index (κ3) is 7.26. The van der Waals surface area contributed by atoms with Crippen LogP contribution in [0.2, 0.25) is 16.6 Å². The number of benzene rings is 2. The standard InChI is InChI=1S/C32H51NO3Si/c1-24(2)37(25(3)4,26(5)6)36-30-17-15-29(16-18-30)31(34)27(7)33-22-20-32(35,21-23-33)19-11-14-28-12-9-8-10-13-28/h8-10,12-13,15-18,24-27,31,34-35H,11,14,19-23H2,1-7H3/t27-,31+/m0/s1. The Morgan fingerprint density at radius 2 is 1.38 bits per heavy atom. The van der Waals surface area contributed by atoms with E-state index in [1.54, 1.807) is 0 Å². The second-order valence-corrected chi connectivity index (χ2v) is 17.6. The van der Waals surface area contributed by atoms with Crippen LogP contribution in [0.25, 0.3) is 0 Å². The van der Waals surface area contributed by atoms with Gasteiger partial charge in [0.2, 0.25) is 0 Å². The van der Waals surface area contributed by atoms with Crippen LogP contribution in [0.1, 0.15) is 91.4 Å². The third-order valence-electron chi connectivity index (χ3n) is 8.94. The van der Waals surface area contributed by atoms with E-state index in [0.29, 0.717) is 16.6 Å². The molecule has 2 atom stereocenters. The molecular formula is C32H51NO3Si. The SMILES string of the molecule is CC(C)[Si](Oc1ccc([C@H](O)[C@H](C)N2CCC(O)(CCCc3ccccc3)CC2)cc1)(C(C)C)C(C)C. The molecule has 1 heterocycles. The molecule has 1 aliphatic rings. The van der Waals surface area contributed by atoms with Crippen molar-refractivity contribution in [3.63, 3.8) is 0 Å². The summed E-state index contributed by atoms with van der Waals surface area (Å²) in [5.41, 5.74) is 3.24. The number of hydrogen-bond donors (Lipinski definition) is 2. The number of aryl methyl sites for hydroxylation is 1. The smallest absolute Gasteiger partial charge is 0.258 e. The molecule has 1 aliphatic heterocycles. The first-order valence-electron chi connectivity index (χ1n) is 14.5. The molecular weight excluding hydrogens is 474 g/mol. The van der Waals surface area contributed by atoms with Gasteiger partial charge in [-0.05, 0) is 78.9 Å². The Morgan fingerprint density at radius 1 is 0.838 bits per heavy atom. The van der Waals surface area contributed by atoms with Crippen LogP contribution >= 0.6 is 0 Å². The van der Waals surface area contributed by atoms with Gasteiger partial charge in [0, 0.05) is 19.1 Å². The summed E-state index contributed by atoms with van der Waals surface area (Å²) in [6, 6.07) is 18.7. The maximum Gasteiger partial charge on any atom is 0.258 e. The van der Waals surface area contributed by atoms with Gasteiger partial charge in [-0.15, -0.1) is 0 Å². The average molecular weight is 526 g/mol. The van der Waals surface area contributed by atoms with Gasteiger partial charge in [0.05, 0.1) is 11.7 Å². The van der Waals surface area contributed by atoms with E-state index in [1.165, 1.54) is 5.56 Å². The summed E-state index contributed by atoms with van der Waals surface area (Å²) in [6.07, 6.45) is 3.80. The molecule has 2 aromatic rings. The quantitative estimate of drug-likeness (QED) is 0.282. The second kappa shape index (κ2) is 12.9. The molecule has 0 aromatic heterocycles. The highest BCUT2D eigenvalue weighted by Crippen LogP contribution is 2.43. The van der Waals surface area contributed by atoms with E-state index >= 15 is 0 Å². The van der Waals surface area contributed by atoms with Gasteiger partial charge < -0.3 is 14.6 Å². The summed E-state index contributed by atoms with van der Waals surface area (Å²) in [6.45, 7) is 17.5. The van der Waals surface area contributed by atoms with Crippen molar-refractivity contribution in [3.8, 4) is 5.75 Å². The second-order valence-electron chi connectivity index (χ2n) is 12.3. The van der Waals surface area contributed by atoms with Crippen molar-refractivity contribution in [1.82, 2.24) is 4.90 Å². The lowest BCUT2D eigenvalue weighted by molar-refractivity contribution is -0.0515. The van der Waals surface area contributed by atoms with E-state index in [-0.39, 0.29) is 6.04 Å². The van der Waals surface area contributed by atoms with Crippen molar-refractivity contribution >= 4 is 8.32 Å². The topological polar surface area (TPSA) is 52.9 Å². The van der Waals surface area contributed by atoms with Crippen molar-refractivity contribution in [1.29, 1.82) is 0 Å². The van der Waals surface area contributed by atoms with E-state index in [9.17, 15) is 10.2 Å². The number of aliphatic hydroxyl groups is 2. The molecule has 0 amide bonds. The van der Waals surface area contributed by atoms with Crippen molar-refractivity contribution in [2.75, 3.05) is 13.1 Å². The molecule has 0 aliphatic carbocycles. The van der Waals surface area contributed by atoms with Gasteiger partial charge in [0.25, 0.3) is 8.32 Å². The van der Waals surface area contributed by atoms with Crippen LogP contribution in [0.3, 0.4) is 0 Å². The molecule has 0 saturated carbocycles. The summed E-state index contributed by atoms with van der Waals surface area (Å²) >= 11 is 0. The maximum absolute atomic E-state index is 11.2. The summed E-state index contributed by atoms with van der Waals surface area (Å²) in [5.74, 6) is 0.921. The van der Waals surface area contributed by atoms with Crippen molar-refractivity contribution < 1.29 is 14.6 Å². The van der Waals surface area contributed by atoms with Crippen molar-refractivity contribution in [2.24, 2.45) is 0 Å². The number of aliphatic hydroxyl groups excluding tert-OH is 1. The largest absolute Gasteiger partial charge is 0.543 e. The van der Waals surface area contributed by atoms with Gasteiger partial charge in [-0.3, -0.25) is 4.90 Å². The lowest BCUT2D eigenvalue weighted by Gasteiger charge is -2.42. The minimum atomic E-state index is -2.00. The Labute approximate surface area is 227 Å². The van der Waals surface area contributed by atoms with Crippen molar-refractivity contribution in [2.45, 2.75) is 115 Å². The van der Waals surface area contributed by atoms with Gasteiger partial charge >= 0.3 is 0 Å². The number of hydrogen-bond acceptors (Lipinski definition) is 4. The third-order valence-corrected chi connectivity index (χ3v) is 14.9. The number of nitrogens with zero attached hydrogens (tertiary/aromatic N) is 1. The van der Waals surface area contributed by atoms with Crippen LogP contribution in [-0.4, -0.2) is 48.2 Å². The molecule has 0 unspecified atom stereocenters. The normalized spacial score (nSPS) is 18.4. The van der Waals surface area contributed by atoms with Gasteiger partial charge in [0.1, 0.15) is 5.75 Å². The van der Waals surface area contributed by atoms with E-state index in [1.807, 2.05) is 30.3 Å². The fraction of sp³-hybridized carbons (Fsp3) is 0.625. The molecule has 37 heavy (non-hydrogen) atoms. The van der Waals surface area contributed by atoms with Crippen LogP contribution in [0.4, 0.5) is 0 Å². The van der Waals surface area contributed by atoms with E-state index in [0.717, 1.165) is 56.5 Å². The van der Waals surface area contributed by atoms with Gasteiger partial charge in [-0.1, -0.05) is 84.0 Å². The Kier molecular flexibility index (Phi) is 10.4. The summed E-state index contributed by atoms with van der Waals surface area (Å²) in [5, 5.41) is 22.3. The van der Waals surface area contributed by atoms with E-state index in [4.69, 9.17) is 4.43 Å². The van der Waals surface area contributed by atoms with Gasteiger partial charge in [-0.2, -0.15) is 0 Å². The Hall–Kier alpha value is -1.66. The first-order chi connectivity index (χ1) is 17.5. The molecule has 206 valence electrons. The molecule has 4 nitrogen and oxygen atoms in total. The van der Waals surface area contributed by atoms with E-state index in [2.05, 4.69) is 77.6 Å². The summed E-state index contributed by atoms with van der Waals surface area (Å²) < 4.78 is 6.80. The molecule has 1 fully saturated rings. The summed E-state index contributed by atoms with van der Waals surface area (Å²) in [4.78, 5) is 2.33. The van der Waals surface area contributed by atoms with Crippen LogP contribution < -0.4 is 4.43 Å². The van der Waals surface area contributed by atoms with Gasteiger partial charge in [0.15, 0.2) is 0 Å². The van der Waals surface area contributed by atoms with Crippen LogP contribution in [0.15, 0.2) is 54.6 Å². The highest BCUT2D eigenvalue weighted by molar-refractivity contribution is 6.78. The molecule has 3 rings (SSSR count). The minimum Gasteiger partial charge on any atom is -0.543 e. The molecule has 0 spiro atoms. The summed E-state index contributed by atoms with van der Waals surface area (Å²) in [7, 11) is -2.00. The highest BCUT2D eigenvalue weighted by atomic mass is 28.4. The van der Waals surface area contributed by atoms with Crippen LogP contribution in [-0.2, 0) is 6.42 Å². The lowest BCUT2D eigenvalue weighted by Crippen LogP contribution is -2.50. The van der Waals surface area contributed by atoms with Crippen LogP contribution in [0.5, 0.6) is 5.75 Å². The fourth-order valence-electron chi connectivity index (χ4n) is 6.63. The Bertz CT molecular complexity index is 914. The zero-order valence-corrected chi connectivity index (χ0v) is 25.3. The predicted molar refractivity (Wildman–Crippen MR) is 158 cm³/mol. The average Bonchev–Trinajstić information content (AvgIpc) is 2.87. The fourth-order valence-corrected chi connectivity index (χ4v) is 11.9. The zero-order chi connectivity index (χ0) is 27.2. The molecule has 0 radical (unpaired) electrons. The van der Waals surface area contributed by atoms with Crippen molar-refractivity contribution in [3.05, 3.63) is 65.7 Å². The number of likely N-dealkylation sites (tertiary alicyclic amines) is 1. The van der Waals surface area contributed by atoms with E-state index < -0.39 is 20.0 Å². The molecule has 0 bridgehead atoms. The zero-order valence-electron chi connectivity index (χ0n) is 24.3. The highest BCUT2D eigenvalue weighted by Gasteiger charge is 2.47. The van der Waals surface area contributed by atoms with Gasteiger partial charge in [-0.25, -0.2) is 0 Å². The molecule has 2 aromatic carbocycles. The van der Waals surface area contributed by atoms with Crippen LogP contribution in [0, 0.1) is 0 Å². The first-order valence-corrected chi connectivity index (χ1v) is 16.6. The maximum atomic E-state index is 11.2. The Morgan fingerprint density at radius 3 is 1.89 bits per heavy atom. The molecule has 5 heteroatoms. The lowest BCUT2D eigenvalue weighted by atomic mass is 9.85. The molecule has 2 N–H and O–H groups in total.